The molecule has 1 atom stereocenters. The molecule has 0 saturated carbocycles. The Bertz CT molecular complexity index is 1360. The van der Waals surface area contributed by atoms with Crippen molar-refractivity contribution in [2.45, 2.75) is 31.3 Å². The number of likely N-dealkylation sites (N-methyl/N-ethyl adjacent to an activating group) is 1. The molecule has 3 rings (SSSR count). The summed E-state index contributed by atoms with van der Waals surface area (Å²) in [5.74, 6) is -0.941. The van der Waals surface area contributed by atoms with E-state index in [4.69, 9.17) is 23.2 Å². The number of anilines is 1. The van der Waals surface area contributed by atoms with Gasteiger partial charge < -0.3 is 10.2 Å². The van der Waals surface area contributed by atoms with Gasteiger partial charge in [0.25, 0.3) is 10.0 Å². The molecule has 0 saturated heterocycles. The monoisotopic (exact) mass is 625 g/mol. The number of carbonyl (C=O) groups is 2. The van der Waals surface area contributed by atoms with Crippen molar-refractivity contribution in [1.29, 1.82) is 0 Å². The van der Waals surface area contributed by atoms with Crippen LogP contribution in [0.25, 0.3) is 0 Å². The summed E-state index contributed by atoms with van der Waals surface area (Å²) in [5, 5.41) is 2.86. The van der Waals surface area contributed by atoms with Gasteiger partial charge in [-0.05, 0) is 55.8 Å². The fraction of sp³-hybridized carbons (Fsp3) is 0.231. The number of nitrogens with one attached hydrogen (secondary N) is 1. The van der Waals surface area contributed by atoms with Crippen molar-refractivity contribution in [3.8, 4) is 0 Å². The second kappa shape index (κ2) is 12.8. The lowest BCUT2D eigenvalue weighted by atomic mass is 10.1. The first kappa shape index (κ1) is 29.0. The van der Waals surface area contributed by atoms with Crippen LogP contribution in [0, 0.1) is 0 Å². The standard InChI is InChI=1S/C26H26BrCl2N3O4S/c1-3-30-26(34)18(2)31(16-19-12-14-20(27)15-13-19)24(33)17-32(23-11-7-10-22(28)25(23)29)37(35,36)21-8-5-4-6-9-21/h4-15,18H,3,16-17H2,1-2H3,(H,30,34). The molecule has 3 aromatic rings. The van der Waals surface area contributed by atoms with Crippen LogP contribution in [0.3, 0.4) is 0 Å². The molecular formula is C26H26BrCl2N3O4S. The molecule has 2 amide bonds. The van der Waals surface area contributed by atoms with Crippen LogP contribution >= 0.6 is 39.1 Å². The van der Waals surface area contributed by atoms with Crippen molar-refractivity contribution in [3.05, 3.63) is 92.9 Å². The van der Waals surface area contributed by atoms with Crippen molar-refractivity contribution >= 4 is 66.7 Å². The Morgan fingerprint density at radius 2 is 1.62 bits per heavy atom. The number of hydrogen-bond donors (Lipinski definition) is 1. The predicted molar refractivity (Wildman–Crippen MR) is 150 cm³/mol. The number of benzene rings is 3. The Hall–Kier alpha value is -2.59. The Balaban J connectivity index is 2.06. The number of hydrogen-bond acceptors (Lipinski definition) is 4. The Labute approximate surface area is 235 Å². The molecule has 0 aromatic heterocycles. The molecule has 3 aromatic carbocycles. The van der Waals surface area contributed by atoms with Crippen LogP contribution in [0.4, 0.5) is 5.69 Å². The maximum absolute atomic E-state index is 13.8. The van der Waals surface area contributed by atoms with Crippen LogP contribution in [-0.2, 0) is 26.2 Å². The van der Waals surface area contributed by atoms with Crippen molar-refractivity contribution in [2.75, 3.05) is 17.4 Å². The van der Waals surface area contributed by atoms with Crippen molar-refractivity contribution in [3.63, 3.8) is 0 Å². The smallest absolute Gasteiger partial charge is 0.264 e. The molecule has 1 N–H and O–H groups in total. The van der Waals surface area contributed by atoms with Crippen molar-refractivity contribution in [1.82, 2.24) is 10.2 Å². The molecule has 0 bridgehead atoms. The fourth-order valence-electron chi connectivity index (χ4n) is 3.61. The molecule has 0 aliphatic rings. The van der Waals surface area contributed by atoms with E-state index in [1.165, 1.54) is 29.2 Å². The van der Waals surface area contributed by atoms with Crippen LogP contribution < -0.4 is 9.62 Å². The van der Waals surface area contributed by atoms with E-state index in [9.17, 15) is 18.0 Å². The SMILES string of the molecule is CCNC(=O)C(C)N(Cc1ccc(Br)cc1)C(=O)CN(c1cccc(Cl)c1Cl)S(=O)(=O)c1ccccc1. The second-order valence-corrected chi connectivity index (χ2v) is 11.7. The van der Waals surface area contributed by atoms with Gasteiger partial charge in [0.05, 0.1) is 20.6 Å². The van der Waals surface area contributed by atoms with Crippen molar-refractivity contribution in [2.24, 2.45) is 0 Å². The zero-order valence-corrected chi connectivity index (χ0v) is 24.1. The largest absolute Gasteiger partial charge is 0.355 e. The highest BCUT2D eigenvalue weighted by Gasteiger charge is 2.33. The summed E-state index contributed by atoms with van der Waals surface area (Å²) in [5.41, 5.74) is 0.826. The molecule has 1 unspecified atom stereocenters. The first-order valence-electron chi connectivity index (χ1n) is 11.4. The Kier molecular flexibility index (Phi) is 10.0. The molecule has 11 heteroatoms. The molecular weight excluding hydrogens is 601 g/mol. The van der Waals surface area contributed by atoms with E-state index in [1.807, 2.05) is 24.3 Å². The summed E-state index contributed by atoms with van der Waals surface area (Å²) in [6.07, 6.45) is 0. The van der Waals surface area contributed by atoms with Crippen molar-refractivity contribution < 1.29 is 18.0 Å². The van der Waals surface area contributed by atoms with Gasteiger partial charge in [0.1, 0.15) is 12.6 Å². The lowest BCUT2D eigenvalue weighted by Crippen LogP contribution is -2.51. The zero-order valence-electron chi connectivity index (χ0n) is 20.2. The zero-order chi connectivity index (χ0) is 27.2. The number of amides is 2. The lowest BCUT2D eigenvalue weighted by Gasteiger charge is -2.32. The topological polar surface area (TPSA) is 86.8 Å². The second-order valence-electron chi connectivity index (χ2n) is 8.12. The molecule has 0 heterocycles. The summed E-state index contributed by atoms with van der Waals surface area (Å²) >= 11 is 16.0. The van der Waals surface area contributed by atoms with Gasteiger partial charge in [-0.1, -0.05) is 75.5 Å². The molecule has 196 valence electrons. The van der Waals surface area contributed by atoms with Gasteiger partial charge in [-0.25, -0.2) is 8.42 Å². The van der Waals surface area contributed by atoms with Gasteiger partial charge in [0.2, 0.25) is 11.8 Å². The minimum absolute atomic E-state index is 0.00675. The number of nitrogens with zero attached hydrogens (tertiary/aromatic N) is 2. The van der Waals surface area contributed by atoms with E-state index < -0.39 is 28.5 Å². The summed E-state index contributed by atoms with van der Waals surface area (Å²) < 4.78 is 29.2. The molecule has 0 spiro atoms. The van der Waals surface area contributed by atoms with Gasteiger partial charge >= 0.3 is 0 Å². The third-order valence-corrected chi connectivity index (χ3v) is 8.71. The third kappa shape index (κ3) is 7.04. The molecule has 0 aliphatic carbocycles. The highest BCUT2D eigenvalue weighted by Crippen LogP contribution is 2.35. The minimum Gasteiger partial charge on any atom is -0.355 e. The highest BCUT2D eigenvalue weighted by molar-refractivity contribution is 9.10. The highest BCUT2D eigenvalue weighted by atomic mass is 79.9. The number of carbonyl (C=O) groups excluding carboxylic acids is 2. The lowest BCUT2D eigenvalue weighted by molar-refractivity contribution is -0.139. The summed E-state index contributed by atoms with van der Waals surface area (Å²) in [7, 11) is -4.22. The number of sulfonamides is 1. The van der Waals surface area contributed by atoms with E-state index in [0.29, 0.717) is 6.54 Å². The Morgan fingerprint density at radius 3 is 2.24 bits per heavy atom. The average molecular weight is 627 g/mol. The van der Waals surface area contributed by atoms with Gasteiger partial charge in [0.15, 0.2) is 0 Å². The van der Waals surface area contributed by atoms with Crippen LogP contribution in [0.5, 0.6) is 0 Å². The van der Waals surface area contributed by atoms with Gasteiger partial charge in [-0.3, -0.25) is 13.9 Å². The quantitative estimate of drug-likeness (QED) is 0.322. The van der Waals surface area contributed by atoms with E-state index in [-0.39, 0.29) is 33.1 Å². The fourth-order valence-corrected chi connectivity index (χ4v) is 5.77. The summed E-state index contributed by atoms with van der Waals surface area (Å²) in [6, 6.07) is 18.7. The van der Waals surface area contributed by atoms with Gasteiger partial charge in [0, 0.05) is 17.6 Å². The predicted octanol–water partition coefficient (Wildman–Crippen LogP) is 5.50. The van der Waals surface area contributed by atoms with Gasteiger partial charge in [-0.2, -0.15) is 0 Å². The Morgan fingerprint density at radius 1 is 0.973 bits per heavy atom. The molecule has 7 nitrogen and oxygen atoms in total. The molecule has 37 heavy (non-hydrogen) atoms. The van der Waals surface area contributed by atoms with Crippen LogP contribution in [0.15, 0.2) is 82.2 Å². The van der Waals surface area contributed by atoms with E-state index in [1.54, 1.807) is 38.1 Å². The molecule has 0 fully saturated rings. The average Bonchev–Trinajstić information content (AvgIpc) is 2.88. The summed E-state index contributed by atoms with van der Waals surface area (Å²) in [4.78, 5) is 27.8. The first-order valence-corrected chi connectivity index (χ1v) is 14.4. The maximum Gasteiger partial charge on any atom is 0.264 e. The van der Waals surface area contributed by atoms with Crippen LogP contribution in [-0.4, -0.2) is 44.3 Å². The van der Waals surface area contributed by atoms with E-state index >= 15 is 0 Å². The first-order chi connectivity index (χ1) is 17.6. The number of rotatable bonds is 10. The van der Waals surface area contributed by atoms with E-state index in [2.05, 4.69) is 21.2 Å². The summed E-state index contributed by atoms with van der Waals surface area (Å²) in [6.45, 7) is 3.26. The van der Waals surface area contributed by atoms with E-state index in [0.717, 1.165) is 14.3 Å². The normalized spacial score (nSPS) is 12.0. The molecule has 0 aliphatic heterocycles. The number of halogens is 3. The molecule has 0 radical (unpaired) electrons. The van der Waals surface area contributed by atoms with Gasteiger partial charge in [-0.15, -0.1) is 0 Å². The van der Waals surface area contributed by atoms with Crippen LogP contribution in [0.1, 0.15) is 19.4 Å². The third-order valence-electron chi connectivity index (χ3n) is 5.59. The van der Waals surface area contributed by atoms with Crippen LogP contribution in [0.2, 0.25) is 10.0 Å². The maximum atomic E-state index is 13.8. The minimum atomic E-state index is -4.22.